The molecule has 1 aromatic carbocycles. The molecule has 1 amide bonds. The Morgan fingerprint density at radius 3 is 2.96 bits per heavy atom. The van der Waals surface area contributed by atoms with E-state index in [0.717, 1.165) is 30.1 Å². The summed E-state index contributed by atoms with van der Waals surface area (Å²) < 4.78 is 26.6. The largest absolute Gasteiger partial charge is 0.341 e. The van der Waals surface area contributed by atoms with E-state index in [1.165, 1.54) is 0 Å². The van der Waals surface area contributed by atoms with E-state index in [-0.39, 0.29) is 18.4 Å². The quantitative estimate of drug-likeness (QED) is 0.831. The Morgan fingerprint density at radius 2 is 2.17 bits per heavy atom. The highest BCUT2D eigenvalue weighted by molar-refractivity contribution is 7.88. The molecule has 9 heteroatoms. The van der Waals surface area contributed by atoms with Crippen LogP contribution in [0.5, 0.6) is 0 Å². The van der Waals surface area contributed by atoms with E-state index in [9.17, 15) is 13.2 Å². The molecular weight excluding hydrogens is 330 g/mol. The van der Waals surface area contributed by atoms with E-state index in [0.29, 0.717) is 19.6 Å². The number of aromatic nitrogens is 3. The Hall–Kier alpha value is -2.00. The predicted molar refractivity (Wildman–Crippen MR) is 89.7 cm³/mol. The summed E-state index contributed by atoms with van der Waals surface area (Å²) in [5.41, 5.74) is 1.59. The first-order valence-electron chi connectivity index (χ1n) is 7.93. The van der Waals surface area contributed by atoms with Crippen molar-refractivity contribution in [2.75, 3.05) is 25.9 Å². The van der Waals surface area contributed by atoms with Gasteiger partial charge >= 0.3 is 0 Å². The van der Waals surface area contributed by atoms with Gasteiger partial charge in [0.2, 0.25) is 15.9 Å². The van der Waals surface area contributed by atoms with Crippen LogP contribution < -0.4 is 4.72 Å². The lowest BCUT2D eigenvalue weighted by molar-refractivity contribution is -0.133. The minimum atomic E-state index is -3.20. The molecule has 1 N–H and O–H groups in total. The topological polar surface area (TPSA) is 97.2 Å². The summed E-state index contributed by atoms with van der Waals surface area (Å²) in [6, 6.07) is 7.52. The van der Waals surface area contributed by atoms with Crippen LogP contribution in [0.3, 0.4) is 0 Å². The number of nitrogens with zero attached hydrogens (tertiary/aromatic N) is 4. The highest BCUT2D eigenvalue weighted by Crippen LogP contribution is 2.17. The van der Waals surface area contributed by atoms with Crippen LogP contribution in [-0.2, 0) is 21.4 Å². The van der Waals surface area contributed by atoms with Gasteiger partial charge in [0, 0.05) is 19.6 Å². The number of sulfonamides is 1. The fourth-order valence-corrected chi connectivity index (χ4v) is 3.53. The van der Waals surface area contributed by atoms with Crippen LogP contribution in [0.4, 0.5) is 0 Å². The van der Waals surface area contributed by atoms with Crippen molar-refractivity contribution in [2.24, 2.45) is 5.92 Å². The maximum Gasteiger partial charge on any atom is 0.244 e. The SMILES string of the molecule is CS(=O)(=O)NC[C@H]1CCCN(C(=O)Cn2nnc3ccccc32)C1. The summed E-state index contributed by atoms with van der Waals surface area (Å²) in [4.78, 5) is 14.3. The second-order valence-electron chi connectivity index (χ2n) is 6.20. The number of rotatable bonds is 5. The van der Waals surface area contributed by atoms with Gasteiger partial charge in [-0.05, 0) is 30.9 Å². The number of nitrogens with one attached hydrogen (secondary N) is 1. The number of carbonyl (C=O) groups excluding carboxylic acids is 1. The fraction of sp³-hybridized carbons (Fsp3) is 0.533. The molecule has 0 spiro atoms. The number of amides is 1. The van der Waals surface area contributed by atoms with Crippen LogP contribution >= 0.6 is 0 Å². The lowest BCUT2D eigenvalue weighted by Gasteiger charge is -2.32. The number of piperidine rings is 1. The van der Waals surface area contributed by atoms with Crippen LogP contribution in [0.1, 0.15) is 12.8 Å². The highest BCUT2D eigenvalue weighted by Gasteiger charge is 2.24. The van der Waals surface area contributed by atoms with E-state index in [1.807, 2.05) is 24.3 Å². The molecule has 0 aliphatic carbocycles. The first kappa shape index (κ1) is 16.8. The van der Waals surface area contributed by atoms with Crippen molar-refractivity contribution >= 4 is 27.0 Å². The lowest BCUT2D eigenvalue weighted by Crippen LogP contribution is -2.44. The van der Waals surface area contributed by atoms with Crippen molar-refractivity contribution in [2.45, 2.75) is 19.4 Å². The van der Waals surface area contributed by atoms with Crippen LogP contribution in [0, 0.1) is 5.92 Å². The van der Waals surface area contributed by atoms with Crippen LogP contribution in [0.2, 0.25) is 0 Å². The van der Waals surface area contributed by atoms with Gasteiger partial charge in [-0.1, -0.05) is 17.3 Å². The van der Waals surface area contributed by atoms with Gasteiger partial charge in [0.15, 0.2) is 0 Å². The van der Waals surface area contributed by atoms with E-state index < -0.39 is 10.0 Å². The molecule has 1 saturated heterocycles. The van der Waals surface area contributed by atoms with Gasteiger partial charge in [0.05, 0.1) is 11.8 Å². The molecule has 1 atom stereocenters. The third-order valence-corrected chi connectivity index (χ3v) is 4.90. The first-order valence-corrected chi connectivity index (χ1v) is 9.82. The number of likely N-dealkylation sites (tertiary alicyclic amines) is 1. The van der Waals surface area contributed by atoms with E-state index in [4.69, 9.17) is 0 Å². The highest BCUT2D eigenvalue weighted by atomic mass is 32.2. The monoisotopic (exact) mass is 351 g/mol. The molecular formula is C15H21N5O3S. The molecule has 1 aliphatic rings. The Morgan fingerprint density at radius 1 is 1.38 bits per heavy atom. The van der Waals surface area contributed by atoms with Gasteiger partial charge in [-0.25, -0.2) is 17.8 Å². The zero-order valence-corrected chi connectivity index (χ0v) is 14.4. The summed E-state index contributed by atoms with van der Waals surface area (Å²) in [5.74, 6) is 0.125. The molecule has 24 heavy (non-hydrogen) atoms. The van der Waals surface area contributed by atoms with Crippen molar-refractivity contribution in [3.8, 4) is 0 Å². The average molecular weight is 351 g/mol. The second-order valence-corrected chi connectivity index (χ2v) is 8.04. The second kappa shape index (κ2) is 6.86. The van der Waals surface area contributed by atoms with Gasteiger partial charge in [0.25, 0.3) is 0 Å². The van der Waals surface area contributed by atoms with Crippen molar-refractivity contribution in [3.05, 3.63) is 24.3 Å². The standard InChI is InChI=1S/C15H21N5O3S/c1-24(22,23)16-9-12-5-4-8-19(10-12)15(21)11-20-14-7-3-2-6-13(14)17-18-20/h2-3,6-7,12,16H,4-5,8-11H2,1H3/t12-/m1/s1. The molecule has 0 radical (unpaired) electrons. The van der Waals surface area contributed by atoms with Gasteiger partial charge in [-0.2, -0.15) is 0 Å². The lowest BCUT2D eigenvalue weighted by atomic mass is 9.98. The summed E-state index contributed by atoms with van der Waals surface area (Å²) in [5, 5.41) is 8.10. The van der Waals surface area contributed by atoms with Crippen molar-refractivity contribution < 1.29 is 13.2 Å². The molecule has 1 fully saturated rings. The molecule has 130 valence electrons. The maximum atomic E-state index is 12.6. The Labute approximate surface area is 140 Å². The van der Waals surface area contributed by atoms with E-state index >= 15 is 0 Å². The van der Waals surface area contributed by atoms with E-state index in [1.54, 1.807) is 9.58 Å². The molecule has 0 unspecified atom stereocenters. The molecule has 0 bridgehead atoms. The molecule has 2 heterocycles. The summed E-state index contributed by atoms with van der Waals surface area (Å²) in [6.07, 6.45) is 2.94. The smallest absolute Gasteiger partial charge is 0.244 e. The van der Waals surface area contributed by atoms with Gasteiger partial charge in [-0.15, -0.1) is 5.10 Å². The van der Waals surface area contributed by atoms with Crippen molar-refractivity contribution in [1.29, 1.82) is 0 Å². The van der Waals surface area contributed by atoms with Crippen LogP contribution in [0.15, 0.2) is 24.3 Å². The molecule has 1 aromatic heterocycles. The third-order valence-electron chi connectivity index (χ3n) is 4.21. The zero-order valence-electron chi connectivity index (χ0n) is 13.6. The molecule has 0 saturated carbocycles. The fourth-order valence-electron chi connectivity index (χ4n) is 2.99. The zero-order chi connectivity index (χ0) is 17.2. The Kier molecular flexibility index (Phi) is 4.81. The normalized spacial score (nSPS) is 18.9. The summed E-state index contributed by atoms with van der Waals surface area (Å²) in [7, 11) is -3.20. The number of para-hydroxylation sites is 1. The number of fused-ring (bicyclic) bond motifs is 1. The molecule has 1 aliphatic heterocycles. The number of carbonyl (C=O) groups is 1. The summed E-state index contributed by atoms with van der Waals surface area (Å²) >= 11 is 0. The van der Waals surface area contributed by atoms with Gasteiger partial charge in [-0.3, -0.25) is 4.79 Å². The first-order chi connectivity index (χ1) is 11.4. The van der Waals surface area contributed by atoms with Crippen LogP contribution in [0.25, 0.3) is 11.0 Å². The number of benzene rings is 1. The maximum absolute atomic E-state index is 12.6. The summed E-state index contributed by atoms with van der Waals surface area (Å²) in [6.45, 7) is 1.77. The van der Waals surface area contributed by atoms with Gasteiger partial charge < -0.3 is 4.90 Å². The van der Waals surface area contributed by atoms with Gasteiger partial charge in [0.1, 0.15) is 12.1 Å². The Balaban J connectivity index is 1.62. The van der Waals surface area contributed by atoms with E-state index in [2.05, 4.69) is 15.0 Å². The van der Waals surface area contributed by atoms with Crippen LogP contribution in [-0.4, -0.2) is 60.1 Å². The molecule has 3 rings (SSSR count). The molecule has 2 aromatic rings. The van der Waals surface area contributed by atoms with Crippen molar-refractivity contribution in [1.82, 2.24) is 24.6 Å². The third kappa shape index (κ3) is 4.09. The van der Waals surface area contributed by atoms with Crippen molar-refractivity contribution in [3.63, 3.8) is 0 Å². The number of hydrogen-bond acceptors (Lipinski definition) is 5. The minimum Gasteiger partial charge on any atom is -0.341 e. The minimum absolute atomic E-state index is 0.0188. The molecule has 8 nitrogen and oxygen atoms in total. The predicted octanol–water partition coefficient (Wildman–Crippen LogP) is 0.219. The average Bonchev–Trinajstić information content (AvgIpc) is 2.96. The Bertz CT molecular complexity index is 833. The number of hydrogen-bond donors (Lipinski definition) is 1.